The van der Waals surface area contributed by atoms with E-state index in [0.29, 0.717) is 30.5 Å². The smallest absolute Gasteiger partial charge is 0.338 e. The number of fused-ring (bicyclic) bond motifs is 1. The molecule has 0 bridgehead atoms. The van der Waals surface area contributed by atoms with Crippen LogP contribution in [0, 0.1) is 0 Å². The number of halogens is 1. The van der Waals surface area contributed by atoms with Gasteiger partial charge in [0.05, 0.1) is 22.9 Å². The molecule has 1 amide bonds. The molecule has 1 aliphatic heterocycles. The van der Waals surface area contributed by atoms with Crippen LogP contribution in [0.1, 0.15) is 29.1 Å². The van der Waals surface area contributed by atoms with Crippen molar-refractivity contribution in [1.29, 1.82) is 0 Å². The highest BCUT2D eigenvalue weighted by atomic mass is 35.5. The molecule has 1 atom stereocenters. The van der Waals surface area contributed by atoms with Crippen LogP contribution in [0.15, 0.2) is 34.9 Å². The summed E-state index contributed by atoms with van der Waals surface area (Å²) in [6.07, 6.45) is 1.52. The number of carbonyl (C=O) groups excluding carboxylic acids is 2. The topological polar surface area (TPSA) is 87.0 Å². The van der Waals surface area contributed by atoms with Gasteiger partial charge in [0.25, 0.3) is 5.91 Å². The van der Waals surface area contributed by atoms with Crippen molar-refractivity contribution in [3.05, 3.63) is 46.9 Å². The number of ether oxygens (including phenoxy) is 3. The molecular formula is C17H16ClNO6. The van der Waals surface area contributed by atoms with Crippen molar-refractivity contribution >= 4 is 23.5 Å². The Bertz CT molecular complexity index is 774. The monoisotopic (exact) mass is 365 g/mol. The van der Waals surface area contributed by atoms with Crippen molar-refractivity contribution in [2.24, 2.45) is 0 Å². The molecule has 0 saturated heterocycles. The van der Waals surface area contributed by atoms with Gasteiger partial charge < -0.3 is 23.9 Å². The third kappa shape index (κ3) is 4.06. The number of amides is 1. The Morgan fingerprint density at radius 1 is 1.32 bits per heavy atom. The molecule has 1 aromatic heterocycles. The zero-order valence-corrected chi connectivity index (χ0v) is 14.2. The fourth-order valence-corrected chi connectivity index (χ4v) is 2.60. The average Bonchev–Trinajstić information content (AvgIpc) is 3.14. The van der Waals surface area contributed by atoms with E-state index in [0.717, 1.165) is 0 Å². The Balaban J connectivity index is 1.57. The molecule has 0 spiro atoms. The number of hydrogen-bond acceptors (Lipinski definition) is 6. The van der Waals surface area contributed by atoms with Crippen molar-refractivity contribution in [3.63, 3.8) is 0 Å². The lowest BCUT2D eigenvalue weighted by Gasteiger charge is -2.20. The number of benzene rings is 1. The largest absolute Gasteiger partial charge is 0.486 e. The van der Waals surface area contributed by atoms with Crippen LogP contribution in [0.4, 0.5) is 0 Å². The molecule has 1 N–H and O–H groups in total. The molecule has 1 aliphatic rings. The van der Waals surface area contributed by atoms with E-state index in [1.54, 1.807) is 19.1 Å². The molecule has 0 fully saturated rings. The van der Waals surface area contributed by atoms with Crippen LogP contribution in [-0.2, 0) is 9.53 Å². The maximum absolute atomic E-state index is 12.1. The molecule has 2 aromatic rings. The van der Waals surface area contributed by atoms with Crippen molar-refractivity contribution < 1.29 is 28.2 Å². The first-order chi connectivity index (χ1) is 12.0. The van der Waals surface area contributed by atoms with Gasteiger partial charge in [-0.2, -0.15) is 0 Å². The molecule has 0 radical (unpaired) electrons. The highest BCUT2D eigenvalue weighted by molar-refractivity contribution is 6.32. The Morgan fingerprint density at radius 3 is 2.88 bits per heavy atom. The van der Waals surface area contributed by atoms with E-state index >= 15 is 0 Å². The second kappa shape index (κ2) is 7.48. The van der Waals surface area contributed by atoms with Crippen LogP contribution in [0.3, 0.4) is 0 Å². The quantitative estimate of drug-likeness (QED) is 0.820. The molecule has 0 aliphatic carbocycles. The molecule has 0 unspecified atom stereocenters. The van der Waals surface area contributed by atoms with Gasteiger partial charge in [0.15, 0.2) is 18.1 Å². The van der Waals surface area contributed by atoms with Crippen LogP contribution in [-0.4, -0.2) is 31.7 Å². The molecule has 3 rings (SSSR count). The van der Waals surface area contributed by atoms with Gasteiger partial charge in [-0.3, -0.25) is 4.79 Å². The number of furan rings is 1. The minimum absolute atomic E-state index is 0.182. The molecule has 1 aromatic carbocycles. The minimum atomic E-state index is -0.681. The molecular weight excluding hydrogens is 350 g/mol. The van der Waals surface area contributed by atoms with E-state index in [4.69, 9.17) is 30.2 Å². The zero-order chi connectivity index (χ0) is 17.8. The molecule has 25 heavy (non-hydrogen) atoms. The van der Waals surface area contributed by atoms with E-state index in [2.05, 4.69) is 5.32 Å². The van der Waals surface area contributed by atoms with E-state index in [-0.39, 0.29) is 16.6 Å². The molecule has 132 valence electrons. The predicted molar refractivity (Wildman–Crippen MR) is 88.0 cm³/mol. The summed E-state index contributed by atoms with van der Waals surface area (Å²) < 4.78 is 21.0. The standard InChI is InChI=1S/C17H16ClNO6/c1-10(13-3-2-4-22-13)19-15(20)9-25-17(21)11-7-12(18)16-14(8-11)23-5-6-24-16/h2-4,7-8,10H,5-6,9H2,1H3,(H,19,20)/t10-/m1/s1. The summed E-state index contributed by atoms with van der Waals surface area (Å²) in [6, 6.07) is 6.04. The maximum Gasteiger partial charge on any atom is 0.338 e. The van der Waals surface area contributed by atoms with Gasteiger partial charge in [0.2, 0.25) is 0 Å². The summed E-state index contributed by atoms with van der Waals surface area (Å²) in [4.78, 5) is 24.0. The summed E-state index contributed by atoms with van der Waals surface area (Å²) in [5.74, 6) is 0.259. The van der Waals surface area contributed by atoms with Gasteiger partial charge in [0.1, 0.15) is 19.0 Å². The van der Waals surface area contributed by atoms with Crippen molar-refractivity contribution in [1.82, 2.24) is 5.32 Å². The van der Waals surface area contributed by atoms with Gasteiger partial charge >= 0.3 is 5.97 Å². The molecule has 0 saturated carbocycles. The van der Waals surface area contributed by atoms with Crippen LogP contribution in [0.25, 0.3) is 0 Å². The highest BCUT2D eigenvalue weighted by Crippen LogP contribution is 2.38. The Hall–Kier alpha value is -2.67. The second-order valence-electron chi connectivity index (χ2n) is 5.36. The number of carbonyl (C=O) groups is 2. The average molecular weight is 366 g/mol. The van der Waals surface area contributed by atoms with Crippen molar-refractivity contribution in [2.75, 3.05) is 19.8 Å². The molecule has 7 nitrogen and oxygen atoms in total. The van der Waals surface area contributed by atoms with Crippen LogP contribution in [0.5, 0.6) is 11.5 Å². The van der Waals surface area contributed by atoms with Gasteiger partial charge in [0, 0.05) is 0 Å². The fourth-order valence-electron chi connectivity index (χ4n) is 2.34. The lowest BCUT2D eigenvalue weighted by Crippen LogP contribution is -2.31. The van der Waals surface area contributed by atoms with Gasteiger partial charge in [-0.15, -0.1) is 0 Å². The first-order valence-electron chi connectivity index (χ1n) is 7.63. The summed E-state index contributed by atoms with van der Waals surface area (Å²) in [5.41, 5.74) is 0.182. The summed E-state index contributed by atoms with van der Waals surface area (Å²) in [5, 5.41) is 2.92. The minimum Gasteiger partial charge on any atom is -0.486 e. The van der Waals surface area contributed by atoms with Crippen LogP contribution < -0.4 is 14.8 Å². The summed E-state index contributed by atoms with van der Waals surface area (Å²) >= 11 is 6.08. The lowest BCUT2D eigenvalue weighted by molar-refractivity contribution is -0.125. The maximum atomic E-state index is 12.1. The van der Waals surface area contributed by atoms with Crippen molar-refractivity contribution in [3.8, 4) is 11.5 Å². The summed E-state index contributed by atoms with van der Waals surface area (Å²) in [7, 11) is 0. The molecule has 2 heterocycles. The van der Waals surface area contributed by atoms with E-state index in [1.807, 2.05) is 0 Å². The molecule has 8 heteroatoms. The van der Waals surface area contributed by atoms with Gasteiger partial charge in [-0.25, -0.2) is 4.79 Å². The third-order valence-electron chi connectivity index (χ3n) is 3.51. The lowest BCUT2D eigenvalue weighted by atomic mass is 10.2. The van der Waals surface area contributed by atoms with Crippen LogP contribution in [0.2, 0.25) is 5.02 Å². The Labute approximate surface area is 148 Å². The Morgan fingerprint density at radius 2 is 2.12 bits per heavy atom. The van der Waals surface area contributed by atoms with Crippen molar-refractivity contribution in [2.45, 2.75) is 13.0 Å². The first kappa shape index (κ1) is 17.2. The predicted octanol–water partition coefficient (Wildman–Crippen LogP) is 2.74. The first-order valence-corrected chi connectivity index (χ1v) is 8.01. The van der Waals surface area contributed by atoms with Gasteiger partial charge in [-0.1, -0.05) is 11.6 Å². The normalized spacial score (nSPS) is 13.8. The number of hydrogen-bond donors (Lipinski definition) is 1. The van der Waals surface area contributed by atoms with Crippen LogP contribution >= 0.6 is 11.6 Å². The number of rotatable bonds is 5. The Kier molecular flexibility index (Phi) is 5.14. The second-order valence-corrected chi connectivity index (χ2v) is 5.77. The summed E-state index contributed by atoms with van der Waals surface area (Å²) in [6.45, 7) is 2.11. The number of esters is 1. The third-order valence-corrected chi connectivity index (χ3v) is 3.80. The van der Waals surface area contributed by atoms with E-state index in [9.17, 15) is 9.59 Å². The fraction of sp³-hybridized carbons (Fsp3) is 0.294. The number of nitrogens with one attached hydrogen (secondary N) is 1. The highest BCUT2D eigenvalue weighted by Gasteiger charge is 2.21. The van der Waals surface area contributed by atoms with E-state index in [1.165, 1.54) is 18.4 Å². The van der Waals surface area contributed by atoms with Gasteiger partial charge in [-0.05, 0) is 31.2 Å². The SMILES string of the molecule is C[C@@H](NC(=O)COC(=O)c1cc(Cl)c2c(c1)OCCO2)c1ccco1. The van der Waals surface area contributed by atoms with E-state index < -0.39 is 18.5 Å². The zero-order valence-electron chi connectivity index (χ0n) is 13.4.